The number of guanidine groups is 1. The van der Waals surface area contributed by atoms with Crippen LogP contribution in [0, 0.1) is 13.8 Å². The van der Waals surface area contributed by atoms with Gasteiger partial charge in [-0.05, 0) is 52.6 Å². The van der Waals surface area contributed by atoms with Crippen LogP contribution < -0.4 is 10.6 Å². The second-order valence-electron chi connectivity index (χ2n) is 8.39. The third-order valence-electron chi connectivity index (χ3n) is 6.71. The van der Waals surface area contributed by atoms with Gasteiger partial charge in [-0.2, -0.15) is 5.10 Å². The molecule has 6 nitrogen and oxygen atoms in total. The fourth-order valence-electron chi connectivity index (χ4n) is 4.90. The molecule has 0 spiro atoms. The molecular weight excluding hydrogens is 336 g/mol. The van der Waals surface area contributed by atoms with Gasteiger partial charge in [0.1, 0.15) is 0 Å². The number of rotatable bonds is 5. The van der Waals surface area contributed by atoms with Crippen molar-refractivity contribution in [1.82, 2.24) is 25.3 Å². The van der Waals surface area contributed by atoms with Crippen molar-refractivity contribution in [2.24, 2.45) is 12.0 Å². The third kappa shape index (κ3) is 4.65. The normalized spacial score (nSPS) is 21.3. The Bertz CT molecular complexity index is 635. The summed E-state index contributed by atoms with van der Waals surface area (Å²) in [6.07, 6.45) is 10.9. The van der Waals surface area contributed by atoms with Crippen LogP contribution in [-0.4, -0.2) is 52.9 Å². The number of hydrogen-bond donors (Lipinski definition) is 2. The topological polar surface area (TPSA) is 57.5 Å². The molecule has 27 heavy (non-hydrogen) atoms. The van der Waals surface area contributed by atoms with Gasteiger partial charge in [0.15, 0.2) is 5.96 Å². The van der Waals surface area contributed by atoms with E-state index in [0.717, 1.165) is 24.7 Å². The minimum absolute atomic E-state index is 0.316. The second-order valence-corrected chi connectivity index (χ2v) is 8.39. The van der Waals surface area contributed by atoms with Crippen molar-refractivity contribution in [3.8, 4) is 0 Å². The average molecular weight is 375 g/mol. The Balaban J connectivity index is 1.61. The Labute approximate surface area is 164 Å². The van der Waals surface area contributed by atoms with Crippen LogP contribution in [0.5, 0.6) is 0 Å². The van der Waals surface area contributed by atoms with E-state index in [4.69, 9.17) is 0 Å². The molecule has 3 rings (SSSR count). The van der Waals surface area contributed by atoms with E-state index in [1.165, 1.54) is 75.7 Å². The number of nitrogens with zero attached hydrogens (tertiary/aromatic N) is 4. The van der Waals surface area contributed by atoms with E-state index in [9.17, 15) is 0 Å². The van der Waals surface area contributed by atoms with Crippen LogP contribution in [-0.2, 0) is 13.6 Å². The Morgan fingerprint density at radius 3 is 2.30 bits per heavy atom. The molecule has 1 aromatic heterocycles. The molecule has 2 N–H and O–H groups in total. The zero-order valence-electron chi connectivity index (χ0n) is 17.8. The van der Waals surface area contributed by atoms with Gasteiger partial charge in [0.25, 0.3) is 0 Å². The van der Waals surface area contributed by atoms with Gasteiger partial charge in [-0.3, -0.25) is 14.6 Å². The number of aryl methyl sites for hydroxylation is 2. The summed E-state index contributed by atoms with van der Waals surface area (Å²) in [4.78, 5) is 7.26. The van der Waals surface area contributed by atoms with E-state index in [0.29, 0.717) is 5.54 Å². The van der Waals surface area contributed by atoms with Crippen LogP contribution in [0.1, 0.15) is 68.3 Å². The first-order valence-electron chi connectivity index (χ1n) is 10.7. The number of hydrogen-bond acceptors (Lipinski definition) is 3. The van der Waals surface area contributed by atoms with Crippen molar-refractivity contribution in [2.75, 3.05) is 26.7 Å². The van der Waals surface area contributed by atoms with E-state index >= 15 is 0 Å². The molecule has 1 saturated carbocycles. The van der Waals surface area contributed by atoms with Gasteiger partial charge in [-0.25, -0.2) is 0 Å². The molecule has 0 aromatic carbocycles. The second kappa shape index (κ2) is 9.09. The first-order chi connectivity index (χ1) is 13.1. The SMILES string of the molecule is CN=C(NCc1c(C)nn(C)c1C)NCC1(N2CCCCC2)CCCCC1. The zero-order chi connectivity index (χ0) is 19.3. The fraction of sp³-hybridized carbons (Fsp3) is 0.810. The summed E-state index contributed by atoms with van der Waals surface area (Å²) in [5, 5.41) is 11.7. The van der Waals surface area contributed by atoms with Crippen LogP contribution in [0.4, 0.5) is 0 Å². The molecule has 2 heterocycles. The number of aliphatic imine (C=N–C) groups is 1. The van der Waals surface area contributed by atoms with Gasteiger partial charge in [0.05, 0.1) is 5.69 Å². The maximum Gasteiger partial charge on any atom is 0.191 e. The molecule has 152 valence electrons. The fourth-order valence-corrected chi connectivity index (χ4v) is 4.90. The summed E-state index contributed by atoms with van der Waals surface area (Å²) in [5.74, 6) is 0.902. The summed E-state index contributed by atoms with van der Waals surface area (Å²) in [6, 6.07) is 0. The molecule has 0 bridgehead atoms. The summed E-state index contributed by atoms with van der Waals surface area (Å²) < 4.78 is 1.95. The van der Waals surface area contributed by atoms with Crippen molar-refractivity contribution in [3.63, 3.8) is 0 Å². The smallest absolute Gasteiger partial charge is 0.191 e. The van der Waals surface area contributed by atoms with Crippen molar-refractivity contribution < 1.29 is 0 Å². The predicted molar refractivity (Wildman–Crippen MR) is 112 cm³/mol. The first kappa shape index (κ1) is 20.2. The minimum Gasteiger partial charge on any atom is -0.355 e. The van der Waals surface area contributed by atoms with E-state index < -0.39 is 0 Å². The van der Waals surface area contributed by atoms with Gasteiger partial charge >= 0.3 is 0 Å². The number of aromatic nitrogens is 2. The van der Waals surface area contributed by atoms with Crippen molar-refractivity contribution in [1.29, 1.82) is 0 Å². The molecule has 2 fully saturated rings. The van der Waals surface area contributed by atoms with Crippen LogP contribution in [0.2, 0.25) is 0 Å². The maximum atomic E-state index is 4.52. The highest BCUT2D eigenvalue weighted by atomic mass is 15.3. The molecule has 0 atom stereocenters. The predicted octanol–water partition coefficient (Wildman–Crippen LogP) is 2.89. The van der Waals surface area contributed by atoms with Crippen LogP contribution >= 0.6 is 0 Å². The highest BCUT2D eigenvalue weighted by Gasteiger charge is 2.38. The molecule has 1 aromatic rings. The molecule has 0 unspecified atom stereocenters. The Hall–Kier alpha value is -1.56. The average Bonchev–Trinajstić information content (AvgIpc) is 2.95. The molecule has 0 amide bonds. The lowest BCUT2D eigenvalue weighted by Gasteiger charge is -2.48. The van der Waals surface area contributed by atoms with E-state index in [2.05, 4.69) is 39.5 Å². The van der Waals surface area contributed by atoms with Gasteiger partial charge in [0.2, 0.25) is 0 Å². The highest BCUT2D eigenvalue weighted by molar-refractivity contribution is 5.79. The molecule has 2 aliphatic rings. The van der Waals surface area contributed by atoms with E-state index in [1.54, 1.807) is 0 Å². The van der Waals surface area contributed by atoms with Crippen molar-refractivity contribution in [3.05, 3.63) is 17.0 Å². The number of likely N-dealkylation sites (tertiary alicyclic amines) is 1. The van der Waals surface area contributed by atoms with Crippen LogP contribution in [0.3, 0.4) is 0 Å². The Morgan fingerprint density at radius 2 is 1.70 bits per heavy atom. The Kier molecular flexibility index (Phi) is 6.79. The standard InChI is InChI=1S/C21H38N6/c1-17-19(18(2)26(4)25-17)15-23-20(22-3)24-16-21(11-7-5-8-12-21)27-13-9-6-10-14-27/h5-16H2,1-4H3,(H2,22,23,24). The van der Waals surface area contributed by atoms with Gasteiger partial charge in [-0.1, -0.05) is 25.7 Å². The quantitative estimate of drug-likeness (QED) is 0.615. The zero-order valence-corrected chi connectivity index (χ0v) is 17.8. The molecule has 1 aliphatic heterocycles. The van der Waals surface area contributed by atoms with E-state index in [-0.39, 0.29) is 0 Å². The van der Waals surface area contributed by atoms with Gasteiger partial charge in [-0.15, -0.1) is 0 Å². The first-order valence-corrected chi connectivity index (χ1v) is 10.7. The van der Waals surface area contributed by atoms with Crippen molar-refractivity contribution in [2.45, 2.75) is 77.3 Å². The van der Waals surface area contributed by atoms with Crippen molar-refractivity contribution >= 4 is 5.96 Å². The lowest BCUT2D eigenvalue weighted by atomic mass is 9.79. The lowest BCUT2D eigenvalue weighted by molar-refractivity contribution is 0.0368. The Morgan fingerprint density at radius 1 is 1.04 bits per heavy atom. The summed E-state index contributed by atoms with van der Waals surface area (Å²) in [5.41, 5.74) is 3.89. The monoisotopic (exact) mass is 374 g/mol. The molecule has 6 heteroatoms. The summed E-state index contributed by atoms with van der Waals surface area (Å²) in [7, 11) is 3.87. The van der Waals surface area contributed by atoms with Gasteiger partial charge < -0.3 is 10.6 Å². The maximum absolute atomic E-state index is 4.52. The van der Waals surface area contributed by atoms with Gasteiger partial charge in [0, 0.05) is 44.0 Å². The van der Waals surface area contributed by atoms with Crippen LogP contribution in [0.25, 0.3) is 0 Å². The largest absolute Gasteiger partial charge is 0.355 e. The molecule has 1 saturated heterocycles. The molecule has 0 radical (unpaired) electrons. The number of nitrogens with one attached hydrogen (secondary N) is 2. The number of piperidine rings is 1. The minimum atomic E-state index is 0.316. The molecule has 1 aliphatic carbocycles. The summed E-state index contributed by atoms with van der Waals surface area (Å²) in [6.45, 7) is 8.50. The van der Waals surface area contributed by atoms with E-state index in [1.807, 2.05) is 18.8 Å². The lowest BCUT2D eigenvalue weighted by Crippen LogP contribution is -2.59. The molecular formula is C21H38N6. The third-order valence-corrected chi connectivity index (χ3v) is 6.71. The highest BCUT2D eigenvalue weighted by Crippen LogP contribution is 2.35. The summed E-state index contributed by atoms with van der Waals surface area (Å²) >= 11 is 0. The van der Waals surface area contributed by atoms with Crippen LogP contribution in [0.15, 0.2) is 4.99 Å².